The van der Waals surface area contributed by atoms with E-state index in [0.717, 1.165) is 22.0 Å². The second kappa shape index (κ2) is 7.90. The van der Waals surface area contributed by atoms with Gasteiger partial charge in [-0.25, -0.2) is 4.79 Å². The van der Waals surface area contributed by atoms with E-state index < -0.39 is 42.4 Å². The van der Waals surface area contributed by atoms with Crippen LogP contribution in [-0.4, -0.2) is 72.5 Å². The Kier molecular flexibility index (Phi) is 6.46. The molecule has 24 heavy (non-hydrogen) atoms. The van der Waals surface area contributed by atoms with Crippen molar-refractivity contribution in [3.63, 3.8) is 0 Å². The van der Waals surface area contributed by atoms with Crippen molar-refractivity contribution in [2.24, 2.45) is 5.73 Å². The topological polar surface area (TPSA) is 110 Å². The molecule has 1 aliphatic heterocycles. The molecule has 0 aromatic carbocycles. The van der Waals surface area contributed by atoms with Crippen LogP contribution >= 0.6 is 0 Å². The first kappa shape index (κ1) is 19.6. The zero-order chi connectivity index (χ0) is 18.5. The first-order valence-corrected chi connectivity index (χ1v) is 6.84. The number of likely N-dealkylation sites (N-methyl/N-ethyl adjacent to an activating group) is 1. The standard InChI is InChI=1S/C13H16F3N3O5/c1-18(7-5-17)11(22)8(24-12(23)13(14,15)16)4-6-19-9(20)2-3-10(19)21/h2-3,8H,4-7,17H2,1H3. The molecule has 0 spiro atoms. The highest BCUT2D eigenvalue weighted by Crippen LogP contribution is 2.19. The Bertz CT molecular complexity index is 544. The Balaban J connectivity index is 2.80. The van der Waals surface area contributed by atoms with E-state index in [0.29, 0.717) is 0 Å². The Morgan fingerprint density at radius 3 is 2.29 bits per heavy atom. The number of amides is 3. The van der Waals surface area contributed by atoms with Gasteiger partial charge in [-0.3, -0.25) is 19.3 Å². The highest BCUT2D eigenvalue weighted by Gasteiger charge is 2.44. The molecule has 0 bridgehead atoms. The van der Waals surface area contributed by atoms with Crippen LogP contribution in [-0.2, 0) is 23.9 Å². The van der Waals surface area contributed by atoms with E-state index >= 15 is 0 Å². The van der Waals surface area contributed by atoms with Gasteiger partial charge in [-0.1, -0.05) is 0 Å². The number of ether oxygens (including phenoxy) is 1. The highest BCUT2D eigenvalue weighted by molar-refractivity contribution is 6.12. The van der Waals surface area contributed by atoms with E-state index in [4.69, 9.17) is 5.73 Å². The van der Waals surface area contributed by atoms with Gasteiger partial charge in [0, 0.05) is 45.3 Å². The van der Waals surface area contributed by atoms with Gasteiger partial charge in [0.1, 0.15) is 0 Å². The molecular weight excluding hydrogens is 335 g/mol. The maximum absolute atomic E-state index is 12.3. The van der Waals surface area contributed by atoms with E-state index in [1.54, 1.807) is 0 Å². The van der Waals surface area contributed by atoms with Crippen LogP contribution in [0.2, 0.25) is 0 Å². The summed E-state index contributed by atoms with van der Waals surface area (Å²) in [5, 5.41) is 0. The first-order valence-electron chi connectivity index (χ1n) is 6.84. The zero-order valence-corrected chi connectivity index (χ0v) is 12.7. The van der Waals surface area contributed by atoms with Crippen LogP contribution in [0.1, 0.15) is 6.42 Å². The van der Waals surface area contributed by atoms with Crippen molar-refractivity contribution in [3.05, 3.63) is 12.2 Å². The summed E-state index contributed by atoms with van der Waals surface area (Å²) >= 11 is 0. The molecule has 1 heterocycles. The molecule has 2 N–H and O–H groups in total. The predicted octanol–water partition coefficient (Wildman–Crippen LogP) is -0.807. The first-order chi connectivity index (χ1) is 11.1. The fraction of sp³-hybridized carbons (Fsp3) is 0.538. The van der Waals surface area contributed by atoms with Crippen molar-refractivity contribution in [1.29, 1.82) is 0 Å². The Morgan fingerprint density at radius 2 is 1.83 bits per heavy atom. The van der Waals surface area contributed by atoms with Crippen LogP contribution in [0.25, 0.3) is 0 Å². The van der Waals surface area contributed by atoms with E-state index in [1.807, 2.05) is 0 Å². The van der Waals surface area contributed by atoms with Crippen molar-refractivity contribution in [1.82, 2.24) is 9.80 Å². The van der Waals surface area contributed by atoms with Crippen molar-refractivity contribution < 1.29 is 37.1 Å². The van der Waals surface area contributed by atoms with Gasteiger partial charge in [0.15, 0.2) is 6.10 Å². The summed E-state index contributed by atoms with van der Waals surface area (Å²) in [7, 11) is 1.28. The van der Waals surface area contributed by atoms with Gasteiger partial charge < -0.3 is 15.4 Å². The molecule has 134 valence electrons. The Hall–Kier alpha value is -2.43. The van der Waals surface area contributed by atoms with Crippen LogP contribution in [0.3, 0.4) is 0 Å². The quantitative estimate of drug-likeness (QED) is 0.475. The average molecular weight is 351 g/mol. The SMILES string of the molecule is CN(CCN)C(=O)C(CCN1C(=O)C=CC1=O)OC(=O)C(F)(F)F. The number of halogens is 3. The average Bonchev–Trinajstić information content (AvgIpc) is 2.80. The third kappa shape index (κ3) is 5.05. The fourth-order valence-corrected chi connectivity index (χ4v) is 1.88. The summed E-state index contributed by atoms with van der Waals surface area (Å²) in [6, 6.07) is 0. The molecule has 0 radical (unpaired) electrons. The number of esters is 1. The number of rotatable bonds is 7. The largest absolute Gasteiger partial charge is 0.490 e. The monoisotopic (exact) mass is 351 g/mol. The van der Waals surface area contributed by atoms with Gasteiger partial charge in [0.25, 0.3) is 17.7 Å². The number of hydrogen-bond donors (Lipinski definition) is 1. The number of nitrogens with two attached hydrogens (primary N) is 1. The molecule has 1 rings (SSSR count). The van der Waals surface area contributed by atoms with Crippen LogP contribution in [0.5, 0.6) is 0 Å². The molecule has 0 aromatic heterocycles. The van der Waals surface area contributed by atoms with Crippen LogP contribution in [0.15, 0.2) is 12.2 Å². The zero-order valence-electron chi connectivity index (χ0n) is 12.7. The summed E-state index contributed by atoms with van der Waals surface area (Å²) < 4.78 is 41.2. The van der Waals surface area contributed by atoms with Crippen LogP contribution < -0.4 is 5.73 Å². The van der Waals surface area contributed by atoms with E-state index in [9.17, 15) is 32.3 Å². The normalized spacial score (nSPS) is 15.6. The van der Waals surface area contributed by atoms with Crippen LogP contribution in [0, 0.1) is 0 Å². The second-order valence-electron chi connectivity index (χ2n) is 4.89. The smallest absolute Gasteiger partial charge is 0.446 e. The van der Waals surface area contributed by atoms with Gasteiger partial charge in [0.05, 0.1) is 0 Å². The molecule has 1 atom stereocenters. The Labute approximate surface area is 135 Å². The molecule has 0 saturated heterocycles. The summed E-state index contributed by atoms with van der Waals surface area (Å²) in [6.07, 6.45) is -5.56. The molecule has 1 aliphatic rings. The van der Waals surface area contributed by atoms with Crippen molar-refractivity contribution in [3.8, 4) is 0 Å². The van der Waals surface area contributed by atoms with E-state index in [2.05, 4.69) is 4.74 Å². The van der Waals surface area contributed by atoms with Crippen molar-refractivity contribution in [2.45, 2.75) is 18.7 Å². The summed E-state index contributed by atoms with van der Waals surface area (Å²) in [6.45, 7) is -0.292. The summed E-state index contributed by atoms with van der Waals surface area (Å²) in [4.78, 5) is 47.6. The number of imide groups is 1. The lowest BCUT2D eigenvalue weighted by Gasteiger charge is -2.25. The molecular formula is C13H16F3N3O5. The molecule has 11 heteroatoms. The van der Waals surface area contributed by atoms with Gasteiger partial charge in [-0.15, -0.1) is 0 Å². The van der Waals surface area contributed by atoms with Crippen molar-refractivity contribution in [2.75, 3.05) is 26.7 Å². The lowest BCUT2D eigenvalue weighted by molar-refractivity contribution is -0.206. The second-order valence-corrected chi connectivity index (χ2v) is 4.89. The number of nitrogens with zero attached hydrogens (tertiary/aromatic N) is 2. The molecule has 0 aromatic rings. The summed E-state index contributed by atoms with van der Waals surface area (Å²) in [5.74, 6) is -4.77. The maximum Gasteiger partial charge on any atom is 0.490 e. The predicted molar refractivity (Wildman–Crippen MR) is 73.1 cm³/mol. The van der Waals surface area contributed by atoms with E-state index in [-0.39, 0.29) is 19.6 Å². The number of hydrogen-bond acceptors (Lipinski definition) is 6. The minimum absolute atomic E-state index is 0.0298. The molecule has 3 amide bonds. The lowest BCUT2D eigenvalue weighted by Crippen LogP contribution is -2.45. The highest BCUT2D eigenvalue weighted by atomic mass is 19.4. The third-order valence-electron chi connectivity index (χ3n) is 3.11. The minimum Gasteiger partial charge on any atom is -0.446 e. The lowest BCUT2D eigenvalue weighted by atomic mass is 10.2. The van der Waals surface area contributed by atoms with Gasteiger partial charge in [0.2, 0.25) is 0 Å². The van der Waals surface area contributed by atoms with Gasteiger partial charge in [-0.05, 0) is 0 Å². The maximum atomic E-state index is 12.3. The number of alkyl halides is 3. The Morgan fingerprint density at radius 1 is 1.29 bits per heavy atom. The molecule has 0 saturated carbocycles. The third-order valence-corrected chi connectivity index (χ3v) is 3.11. The molecule has 8 nitrogen and oxygen atoms in total. The fourth-order valence-electron chi connectivity index (χ4n) is 1.88. The number of carbonyl (C=O) groups excluding carboxylic acids is 4. The minimum atomic E-state index is -5.27. The van der Waals surface area contributed by atoms with Crippen LogP contribution in [0.4, 0.5) is 13.2 Å². The molecule has 0 aliphatic carbocycles. The molecule has 0 fully saturated rings. The van der Waals surface area contributed by atoms with E-state index in [1.165, 1.54) is 7.05 Å². The molecule has 1 unspecified atom stereocenters. The number of carbonyl (C=O) groups is 4. The van der Waals surface area contributed by atoms with Gasteiger partial charge in [-0.2, -0.15) is 13.2 Å². The van der Waals surface area contributed by atoms with Crippen molar-refractivity contribution >= 4 is 23.7 Å². The van der Waals surface area contributed by atoms with Gasteiger partial charge >= 0.3 is 12.1 Å². The summed E-state index contributed by atoms with van der Waals surface area (Å²) in [5.41, 5.74) is 5.26.